The van der Waals surface area contributed by atoms with Crippen molar-refractivity contribution in [3.8, 4) is 146 Å². The standard InChI is InChI=1S/2C48H48N2S4/c2*1-3-5-7-15-33-49-37(43-27-25-41(51-43)35-17-11-9-12-18-35)21-23-39(49)45-29-31-47(53-45)48-32-30-46(54-48)40-24-22-38(50(40)34-16-8-6-4-2)44-28-26-42(52-44)36-19-13-10-14-20-36/h2*9-14,17-32H,3-8,15-16,33-34H2,1-2H3. The number of thiophene rings is 8. The first-order chi connectivity index (χ1) is 53.4. The molecule has 16 aromatic rings. The SMILES string of the molecule is CCCCCCn1c(-c2ccc(-c3ccccc3)s2)ccc1-c1ccc(-c2ccc(-c3ccc(-c4ccc(-c5ccccc5)s4)n3CCCCCC)s2)s1.CCCCCCn1c(-c2ccc(-c3ccccc3)s2)ccc1-c1ccc(-c2ccc(-c3ccc(-c4ccc(-c5ccccc5)s4)n3CCCCCC)s2)s1. The summed E-state index contributed by atoms with van der Waals surface area (Å²) in [6.45, 7) is 13.3. The van der Waals surface area contributed by atoms with Crippen LogP contribution in [-0.4, -0.2) is 18.3 Å². The minimum atomic E-state index is 1.04. The summed E-state index contributed by atoms with van der Waals surface area (Å²) in [6, 6.07) is 99.1. The molecule has 0 aliphatic rings. The van der Waals surface area contributed by atoms with Gasteiger partial charge in [-0.05, 0) is 194 Å². The number of hydrogen-bond donors (Lipinski definition) is 0. The molecule has 0 unspecified atom stereocenters. The van der Waals surface area contributed by atoms with Crippen LogP contribution < -0.4 is 0 Å². The van der Waals surface area contributed by atoms with Gasteiger partial charge in [0, 0.05) is 65.2 Å². The van der Waals surface area contributed by atoms with Gasteiger partial charge in [-0.3, -0.25) is 0 Å². The molecule has 0 spiro atoms. The Morgan fingerprint density at radius 3 is 0.491 bits per heavy atom. The highest BCUT2D eigenvalue weighted by molar-refractivity contribution is 7.26. The summed E-state index contributed by atoms with van der Waals surface area (Å²) < 4.78 is 10.4. The fraction of sp³-hybridized carbons (Fsp3) is 0.250. The number of benzene rings is 4. The Kier molecular flexibility index (Phi) is 25.6. The zero-order valence-corrected chi connectivity index (χ0v) is 69.1. The number of nitrogens with zero attached hydrogens (tertiary/aromatic N) is 4. The van der Waals surface area contributed by atoms with Crippen LogP contribution in [0.2, 0.25) is 0 Å². The molecule has 4 aromatic carbocycles. The van der Waals surface area contributed by atoms with Gasteiger partial charge in [-0.2, -0.15) is 0 Å². The molecule has 12 aromatic heterocycles. The highest BCUT2D eigenvalue weighted by Gasteiger charge is 2.23. The summed E-state index contributed by atoms with van der Waals surface area (Å²) in [4.78, 5) is 21.4. The quantitative estimate of drug-likeness (QED) is 0.0358. The number of hydrogen-bond acceptors (Lipinski definition) is 8. The topological polar surface area (TPSA) is 19.7 Å². The Bertz CT molecular complexity index is 4750. The number of unbranched alkanes of at least 4 members (excludes halogenated alkanes) is 12. The van der Waals surface area contributed by atoms with Crippen molar-refractivity contribution in [2.45, 2.75) is 157 Å². The second kappa shape index (κ2) is 36.9. The second-order valence-electron chi connectivity index (χ2n) is 28.0. The predicted octanol–water partition coefficient (Wildman–Crippen LogP) is 32.7. The summed E-state index contributed by atoms with van der Waals surface area (Å²) in [5.74, 6) is 0. The smallest absolute Gasteiger partial charge is 0.0587 e. The van der Waals surface area contributed by atoms with Gasteiger partial charge >= 0.3 is 0 Å². The van der Waals surface area contributed by atoms with E-state index in [2.05, 4.69) is 313 Å². The molecule has 16 rings (SSSR count). The van der Waals surface area contributed by atoms with Crippen LogP contribution in [0.4, 0.5) is 0 Å². The summed E-state index contributed by atoms with van der Waals surface area (Å²) in [5.41, 5.74) is 15.8. The third-order valence-electron chi connectivity index (χ3n) is 20.5. The summed E-state index contributed by atoms with van der Waals surface area (Å²) in [6.07, 6.45) is 20.0. The first kappa shape index (κ1) is 75.0. The van der Waals surface area contributed by atoms with Gasteiger partial charge in [-0.15, -0.1) is 90.7 Å². The second-order valence-corrected chi connectivity index (χ2v) is 36.7. The average molecular weight is 1560 g/mol. The molecule has 12 heterocycles. The van der Waals surface area contributed by atoms with E-state index in [4.69, 9.17) is 0 Å². The molecular formula is C96H96N4S8. The zero-order chi connectivity index (χ0) is 73.4. The van der Waals surface area contributed by atoms with E-state index in [0.717, 1.165) is 26.2 Å². The van der Waals surface area contributed by atoms with E-state index < -0.39 is 0 Å². The minimum Gasteiger partial charge on any atom is -0.339 e. The third-order valence-corrected chi connectivity index (χ3v) is 29.9. The van der Waals surface area contributed by atoms with Crippen molar-refractivity contribution in [1.82, 2.24) is 18.3 Å². The Balaban J connectivity index is 0.000000172. The van der Waals surface area contributed by atoms with Crippen molar-refractivity contribution in [3.05, 3.63) is 267 Å². The van der Waals surface area contributed by atoms with Crippen molar-refractivity contribution >= 4 is 90.7 Å². The van der Waals surface area contributed by atoms with E-state index in [-0.39, 0.29) is 0 Å². The lowest BCUT2D eigenvalue weighted by molar-refractivity contribution is 0.591. The Morgan fingerprint density at radius 1 is 0.157 bits per heavy atom. The molecule has 108 heavy (non-hydrogen) atoms. The summed E-state index contributed by atoms with van der Waals surface area (Å²) in [5, 5.41) is 0. The molecule has 0 aliphatic heterocycles. The van der Waals surface area contributed by atoms with Crippen LogP contribution in [-0.2, 0) is 26.2 Å². The lowest BCUT2D eigenvalue weighted by Crippen LogP contribution is -2.01. The van der Waals surface area contributed by atoms with Crippen molar-refractivity contribution < 1.29 is 0 Å². The average Bonchev–Trinajstić information content (AvgIpc) is 1.64. The van der Waals surface area contributed by atoms with Crippen LogP contribution in [0, 0.1) is 0 Å². The monoisotopic (exact) mass is 1560 g/mol. The molecule has 4 nitrogen and oxygen atoms in total. The molecule has 0 saturated carbocycles. The zero-order valence-electron chi connectivity index (χ0n) is 62.6. The Morgan fingerprint density at radius 2 is 0.315 bits per heavy atom. The predicted molar refractivity (Wildman–Crippen MR) is 481 cm³/mol. The Hall–Kier alpha value is -8.40. The fourth-order valence-corrected chi connectivity index (χ4v) is 23.2. The van der Waals surface area contributed by atoms with Gasteiger partial charge in [0.25, 0.3) is 0 Å². The maximum Gasteiger partial charge on any atom is 0.0587 e. The summed E-state index contributed by atoms with van der Waals surface area (Å²) >= 11 is 15.3. The molecule has 0 fully saturated rings. The van der Waals surface area contributed by atoms with Crippen molar-refractivity contribution in [2.75, 3.05) is 0 Å². The van der Waals surface area contributed by atoms with E-state index in [1.54, 1.807) is 0 Å². The van der Waals surface area contributed by atoms with E-state index in [0.29, 0.717) is 0 Å². The van der Waals surface area contributed by atoms with Crippen LogP contribution in [0.5, 0.6) is 0 Å². The lowest BCUT2D eigenvalue weighted by atomic mass is 10.2. The maximum atomic E-state index is 2.59. The number of rotatable bonds is 34. The van der Waals surface area contributed by atoms with Gasteiger partial charge in [0.1, 0.15) is 0 Å². The van der Waals surface area contributed by atoms with Crippen LogP contribution in [0.1, 0.15) is 130 Å². The highest BCUT2D eigenvalue weighted by atomic mass is 32.1. The summed E-state index contributed by atoms with van der Waals surface area (Å²) in [7, 11) is 0. The van der Waals surface area contributed by atoms with Crippen molar-refractivity contribution in [1.29, 1.82) is 0 Å². The Labute approximate surface area is 672 Å². The molecule has 0 saturated heterocycles. The maximum absolute atomic E-state index is 2.59. The largest absolute Gasteiger partial charge is 0.339 e. The van der Waals surface area contributed by atoms with Crippen LogP contribution in [0.3, 0.4) is 0 Å². The van der Waals surface area contributed by atoms with Gasteiger partial charge in [-0.1, -0.05) is 226 Å². The number of aromatic nitrogens is 4. The van der Waals surface area contributed by atoms with Gasteiger partial charge in [0.15, 0.2) is 0 Å². The third kappa shape index (κ3) is 17.6. The first-order valence-electron chi connectivity index (χ1n) is 39.2. The minimum absolute atomic E-state index is 1.04. The highest BCUT2D eigenvalue weighted by Crippen LogP contribution is 2.48. The van der Waals surface area contributed by atoms with E-state index in [1.807, 2.05) is 90.7 Å². The fourth-order valence-electron chi connectivity index (χ4n) is 14.7. The normalized spacial score (nSPS) is 11.5. The van der Waals surface area contributed by atoms with E-state index >= 15 is 0 Å². The van der Waals surface area contributed by atoms with Crippen LogP contribution in [0.15, 0.2) is 267 Å². The first-order valence-corrected chi connectivity index (χ1v) is 45.8. The van der Waals surface area contributed by atoms with Gasteiger partial charge in [0.2, 0.25) is 0 Å². The van der Waals surface area contributed by atoms with Gasteiger partial charge in [-0.25, -0.2) is 0 Å². The lowest BCUT2D eigenvalue weighted by Gasteiger charge is -2.12. The van der Waals surface area contributed by atoms with Crippen LogP contribution >= 0.6 is 90.7 Å². The van der Waals surface area contributed by atoms with Crippen LogP contribution in [0.25, 0.3) is 146 Å². The molecule has 12 heteroatoms. The van der Waals surface area contributed by atoms with E-state index in [1.165, 1.54) is 249 Å². The molecule has 0 aliphatic carbocycles. The molecule has 0 atom stereocenters. The molecular weight excluding hydrogens is 1470 g/mol. The van der Waals surface area contributed by atoms with Gasteiger partial charge in [0.05, 0.1) is 84.6 Å². The molecule has 0 bridgehead atoms. The molecule has 0 radical (unpaired) electrons. The van der Waals surface area contributed by atoms with Crippen molar-refractivity contribution in [2.24, 2.45) is 0 Å². The van der Waals surface area contributed by atoms with Crippen molar-refractivity contribution in [3.63, 3.8) is 0 Å². The molecule has 0 amide bonds. The molecule has 0 N–H and O–H groups in total. The van der Waals surface area contributed by atoms with E-state index in [9.17, 15) is 0 Å². The molecule has 548 valence electrons. The van der Waals surface area contributed by atoms with Gasteiger partial charge < -0.3 is 18.3 Å².